The minimum Gasteiger partial charge on any atom is -0.462 e. The van der Waals surface area contributed by atoms with E-state index in [1.165, 1.54) is 18.3 Å². The molecule has 0 unspecified atom stereocenters. The van der Waals surface area contributed by atoms with Gasteiger partial charge in [0.15, 0.2) is 0 Å². The molecule has 3 aromatic carbocycles. The number of benzene rings is 3. The zero-order valence-corrected chi connectivity index (χ0v) is 24.1. The molecule has 1 amide bonds. The Morgan fingerprint density at radius 1 is 0.927 bits per heavy atom. The number of furan rings is 1. The van der Waals surface area contributed by atoms with Gasteiger partial charge in [-0.1, -0.05) is 47.5 Å². The van der Waals surface area contributed by atoms with E-state index < -0.39 is 28.4 Å². The van der Waals surface area contributed by atoms with E-state index in [4.69, 9.17) is 9.15 Å². The molecule has 1 heterocycles. The molecule has 10 heteroatoms. The number of hydrazone groups is 1. The average molecular weight is 574 g/mol. The lowest BCUT2D eigenvalue weighted by Crippen LogP contribution is -2.40. The van der Waals surface area contributed by atoms with Crippen molar-refractivity contribution >= 4 is 33.8 Å². The first kappa shape index (κ1) is 29.3. The lowest BCUT2D eigenvalue weighted by atomic mass is 10.1. The third-order valence-electron chi connectivity index (χ3n) is 6.21. The predicted molar refractivity (Wildman–Crippen MR) is 157 cm³/mol. The quantitative estimate of drug-likeness (QED) is 0.154. The summed E-state index contributed by atoms with van der Waals surface area (Å²) in [4.78, 5) is 24.8. The molecule has 0 bridgehead atoms. The van der Waals surface area contributed by atoms with Crippen LogP contribution in [-0.2, 0) is 19.6 Å². The van der Waals surface area contributed by atoms with Gasteiger partial charge >= 0.3 is 5.97 Å². The molecule has 9 nitrogen and oxygen atoms in total. The van der Waals surface area contributed by atoms with Crippen LogP contribution in [-0.4, -0.2) is 39.7 Å². The van der Waals surface area contributed by atoms with Crippen molar-refractivity contribution in [1.29, 1.82) is 0 Å². The summed E-state index contributed by atoms with van der Waals surface area (Å²) in [5.74, 6) is -0.116. The van der Waals surface area contributed by atoms with Crippen molar-refractivity contribution in [2.45, 2.75) is 32.6 Å². The number of nitrogens with zero attached hydrogens (tertiary/aromatic N) is 2. The van der Waals surface area contributed by atoms with Gasteiger partial charge in [0.25, 0.3) is 15.9 Å². The molecule has 41 heavy (non-hydrogen) atoms. The molecule has 0 atom stereocenters. The SMILES string of the molecule is CCOC(=O)c1ccc(-c2ccc(C=NNC(=O)CN(c3ccc(C)cc3C)S(=O)(=O)c3ccc(C)cc3)o2)cc1. The monoisotopic (exact) mass is 573 g/mol. The Labute approximate surface area is 239 Å². The summed E-state index contributed by atoms with van der Waals surface area (Å²) in [5.41, 5.74) is 6.58. The van der Waals surface area contributed by atoms with E-state index in [9.17, 15) is 18.0 Å². The van der Waals surface area contributed by atoms with Gasteiger partial charge < -0.3 is 9.15 Å². The van der Waals surface area contributed by atoms with Crippen LogP contribution < -0.4 is 9.73 Å². The third kappa shape index (κ3) is 7.09. The molecular formula is C31H31N3O6S. The highest BCUT2D eigenvalue weighted by Crippen LogP contribution is 2.28. The summed E-state index contributed by atoms with van der Waals surface area (Å²) in [6, 6.07) is 22.0. The Balaban J connectivity index is 1.48. The summed E-state index contributed by atoms with van der Waals surface area (Å²) in [6.45, 7) is 7.14. The highest BCUT2D eigenvalue weighted by Gasteiger charge is 2.28. The van der Waals surface area contributed by atoms with E-state index in [0.717, 1.165) is 26.6 Å². The second kappa shape index (κ2) is 12.6. The average Bonchev–Trinajstić information content (AvgIpc) is 3.41. The van der Waals surface area contributed by atoms with Crippen LogP contribution in [0.3, 0.4) is 0 Å². The van der Waals surface area contributed by atoms with E-state index >= 15 is 0 Å². The molecule has 1 aromatic heterocycles. The number of rotatable bonds is 10. The second-order valence-electron chi connectivity index (χ2n) is 9.41. The molecule has 4 aromatic rings. The molecule has 0 aliphatic heterocycles. The second-order valence-corrected chi connectivity index (χ2v) is 11.3. The number of esters is 1. The van der Waals surface area contributed by atoms with Crippen LogP contribution in [0.5, 0.6) is 0 Å². The van der Waals surface area contributed by atoms with Gasteiger partial charge in [-0.15, -0.1) is 0 Å². The number of aryl methyl sites for hydroxylation is 3. The Morgan fingerprint density at radius 2 is 1.61 bits per heavy atom. The van der Waals surface area contributed by atoms with Crippen LogP contribution in [0.4, 0.5) is 5.69 Å². The summed E-state index contributed by atoms with van der Waals surface area (Å²) in [5, 5.41) is 3.96. The normalized spacial score (nSPS) is 11.4. The summed E-state index contributed by atoms with van der Waals surface area (Å²) in [6.07, 6.45) is 1.32. The molecule has 212 valence electrons. The number of amides is 1. The van der Waals surface area contributed by atoms with E-state index in [2.05, 4.69) is 10.5 Å². The van der Waals surface area contributed by atoms with Gasteiger partial charge in [-0.2, -0.15) is 5.10 Å². The maximum atomic E-state index is 13.6. The first-order chi connectivity index (χ1) is 19.6. The summed E-state index contributed by atoms with van der Waals surface area (Å²) in [7, 11) is -4.04. The molecule has 0 saturated heterocycles. The van der Waals surface area contributed by atoms with Crippen molar-refractivity contribution in [3.05, 3.63) is 107 Å². The minimum absolute atomic E-state index is 0.0813. The summed E-state index contributed by atoms with van der Waals surface area (Å²) >= 11 is 0. The van der Waals surface area contributed by atoms with Crippen LogP contribution in [0.2, 0.25) is 0 Å². The standard InChI is InChI=1S/C31H31N3O6S/c1-5-39-31(36)25-11-9-24(10-12-25)29-17-13-26(40-29)19-32-33-30(35)20-34(28-16-8-22(3)18-23(28)4)41(37,38)27-14-6-21(2)7-15-27/h6-19H,5,20H2,1-4H3,(H,33,35). The largest absolute Gasteiger partial charge is 0.462 e. The number of hydrogen-bond acceptors (Lipinski definition) is 7. The predicted octanol–water partition coefficient (Wildman–Crippen LogP) is 5.39. The molecule has 0 radical (unpaired) electrons. The van der Waals surface area contributed by atoms with Crippen LogP contribution in [0.1, 0.15) is 39.7 Å². The molecule has 0 aliphatic rings. The first-order valence-electron chi connectivity index (χ1n) is 12.9. The fraction of sp³-hybridized carbons (Fsp3) is 0.194. The number of sulfonamides is 1. The van der Waals surface area contributed by atoms with Crippen LogP contribution >= 0.6 is 0 Å². The van der Waals surface area contributed by atoms with Crippen molar-refractivity contribution in [3.8, 4) is 11.3 Å². The van der Waals surface area contributed by atoms with Crippen molar-refractivity contribution < 1.29 is 27.2 Å². The van der Waals surface area contributed by atoms with Crippen molar-refractivity contribution in [1.82, 2.24) is 5.43 Å². The highest BCUT2D eigenvalue weighted by atomic mass is 32.2. The Bertz CT molecular complexity index is 1670. The zero-order chi connectivity index (χ0) is 29.6. The number of hydrogen-bond donors (Lipinski definition) is 1. The smallest absolute Gasteiger partial charge is 0.338 e. The molecule has 0 saturated carbocycles. The number of ether oxygens (including phenoxy) is 1. The van der Waals surface area contributed by atoms with Gasteiger partial charge in [0, 0.05) is 5.56 Å². The number of carbonyl (C=O) groups is 2. The molecule has 0 spiro atoms. The van der Waals surface area contributed by atoms with E-state index in [1.807, 2.05) is 19.9 Å². The fourth-order valence-corrected chi connectivity index (χ4v) is 5.60. The summed E-state index contributed by atoms with van der Waals surface area (Å²) < 4.78 is 39.1. The number of anilines is 1. The molecule has 0 fully saturated rings. The maximum absolute atomic E-state index is 13.6. The van der Waals surface area contributed by atoms with E-state index in [-0.39, 0.29) is 4.90 Å². The Kier molecular flexibility index (Phi) is 9.04. The topological polar surface area (TPSA) is 118 Å². The van der Waals surface area contributed by atoms with Crippen LogP contribution in [0, 0.1) is 20.8 Å². The van der Waals surface area contributed by atoms with Gasteiger partial charge in [0.1, 0.15) is 18.1 Å². The minimum atomic E-state index is -4.04. The molecule has 4 rings (SSSR count). The lowest BCUT2D eigenvalue weighted by Gasteiger charge is -2.25. The van der Waals surface area contributed by atoms with Crippen LogP contribution in [0.25, 0.3) is 11.3 Å². The van der Waals surface area contributed by atoms with Crippen molar-refractivity contribution in [3.63, 3.8) is 0 Å². The third-order valence-corrected chi connectivity index (χ3v) is 7.98. The maximum Gasteiger partial charge on any atom is 0.338 e. The van der Waals surface area contributed by atoms with E-state index in [0.29, 0.717) is 29.4 Å². The van der Waals surface area contributed by atoms with Gasteiger partial charge in [0.05, 0.1) is 29.0 Å². The fourth-order valence-electron chi connectivity index (χ4n) is 4.12. The van der Waals surface area contributed by atoms with Gasteiger partial charge in [-0.05, 0) is 75.7 Å². The van der Waals surface area contributed by atoms with Crippen LogP contribution in [0.15, 0.2) is 93.3 Å². The Morgan fingerprint density at radius 3 is 2.27 bits per heavy atom. The highest BCUT2D eigenvalue weighted by molar-refractivity contribution is 7.92. The number of carbonyl (C=O) groups excluding carboxylic acids is 2. The molecule has 0 aliphatic carbocycles. The van der Waals surface area contributed by atoms with Crippen molar-refractivity contribution in [2.75, 3.05) is 17.5 Å². The van der Waals surface area contributed by atoms with Gasteiger partial charge in [0.2, 0.25) is 0 Å². The molecular weight excluding hydrogens is 542 g/mol. The Hall–Kier alpha value is -4.70. The molecule has 1 N–H and O–H groups in total. The zero-order valence-electron chi connectivity index (χ0n) is 23.2. The van der Waals surface area contributed by atoms with E-state index in [1.54, 1.807) is 74.5 Å². The van der Waals surface area contributed by atoms with Gasteiger partial charge in [-0.25, -0.2) is 18.6 Å². The number of nitrogens with one attached hydrogen (secondary N) is 1. The first-order valence-corrected chi connectivity index (χ1v) is 14.4. The van der Waals surface area contributed by atoms with Gasteiger partial charge in [-0.3, -0.25) is 9.10 Å². The van der Waals surface area contributed by atoms with Crippen molar-refractivity contribution in [2.24, 2.45) is 5.10 Å². The lowest BCUT2D eigenvalue weighted by molar-refractivity contribution is -0.119.